The number of aliphatic hydroxyl groups excluding tert-OH is 1. The van der Waals surface area contributed by atoms with Crippen molar-refractivity contribution in [3.05, 3.63) is 47.2 Å². The van der Waals surface area contributed by atoms with Crippen LogP contribution in [0.3, 0.4) is 0 Å². The van der Waals surface area contributed by atoms with E-state index in [0.29, 0.717) is 31.0 Å². The van der Waals surface area contributed by atoms with Crippen molar-refractivity contribution in [2.45, 2.75) is 146 Å². The molecule has 1 aromatic carbocycles. The number of rotatable bonds is 10. The monoisotopic (exact) mass is 647 g/mol. The van der Waals surface area contributed by atoms with Crippen LogP contribution in [0.15, 0.2) is 29.1 Å². The molecular formula is C38H57N5O4. The van der Waals surface area contributed by atoms with Crippen LogP contribution in [0.5, 0.6) is 5.75 Å². The summed E-state index contributed by atoms with van der Waals surface area (Å²) in [5.41, 5.74) is 4.13. The third-order valence-electron chi connectivity index (χ3n) is 12.1. The number of nitrogens with zero attached hydrogens (tertiary/aromatic N) is 2. The fourth-order valence-electron chi connectivity index (χ4n) is 9.48. The number of oxazole rings is 1. The van der Waals surface area contributed by atoms with E-state index in [0.717, 1.165) is 56.9 Å². The molecule has 0 radical (unpaired) electrons. The van der Waals surface area contributed by atoms with E-state index in [1.54, 1.807) is 6.20 Å². The molecule has 4 N–H and O–H groups in total. The Hall–Kier alpha value is -2.46. The van der Waals surface area contributed by atoms with Gasteiger partial charge in [0.15, 0.2) is 12.2 Å². The summed E-state index contributed by atoms with van der Waals surface area (Å²) in [6, 6.07) is 4.18. The number of benzene rings is 1. The summed E-state index contributed by atoms with van der Waals surface area (Å²) < 4.78 is 11.3. The van der Waals surface area contributed by atoms with E-state index < -0.39 is 6.10 Å². The van der Waals surface area contributed by atoms with E-state index in [9.17, 15) is 9.90 Å². The van der Waals surface area contributed by atoms with Crippen LogP contribution >= 0.6 is 0 Å². The van der Waals surface area contributed by atoms with Crippen molar-refractivity contribution in [2.75, 3.05) is 19.6 Å². The number of aromatic nitrogens is 1. The van der Waals surface area contributed by atoms with Gasteiger partial charge in [-0.05, 0) is 87.0 Å². The standard InChI is InChI=1S/C38H57N5O4/c1-27-33-12-15-43(23-29(33)10-11-34(27)46-25-32-22-39-26-47-32)24-31(44)21-40-36(45)30-16-35(42-38-17-28(18-38)19-38)41-37(20-30)13-8-6-4-2-3-5-7-9-14-37/h10-11,22,26,28,30-31,35,41-42,44H,2-9,12-21,23-25H2,1H3,(H,40,45)/t28?,30?,31-,35?,38?/m0/s1. The van der Waals surface area contributed by atoms with Crippen molar-refractivity contribution in [1.29, 1.82) is 0 Å². The first kappa shape index (κ1) is 33.1. The number of piperidine rings is 1. The summed E-state index contributed by atoms with van der Waals surface area (Å²) in [6.07, 6.45) is 22.1. The Morgan fingerprint density at radius 2 is 1.85 bits per heavy atom. The first-order chi connectivity index (χ1) is 22.9. The highest BCUT2D eigenvalue weighted by Gasteiger charge is 2.58. The van der Waals surface area contributed by atoms with E-state index in [-0.39, 0.29) is 23.5 Å². The SMILES string of the molecule is Cc1c(OCc2cnco2)ccc2c1CCN(C[C@@H](O)CNC(=O)C1CC(NC34CC(C3)C4)NC3(CCCCCCCCCC3)C1)C2. The van der Waals surface area contributed by atoms with Crippen molar-refractivity contribution in [1.82, 2.24) is 25.8 Å². The zero-order valence-electron chi connectivity index (χ0n) is 28.5. The predicted octanol–water partition coefficient (Wildman–Crippen LogP) is 5.52. The lowest BCUT2D eigenvalue weighted by Crippen LogP contribution is -2.73. The Kier molecular flexibility index (Phi) is 10.2. The number of hydrogen-bond acceptors (Lipinski definition) is 8. The molecule has 47 heavy (non-hydrogen) atoms. The van der Waals surface area contributed by atoms with Gasteiger partial charge in [0.25, 0.3) is 0 Å². The smallest absolute Gasteiger partial charge is 0.223 e. The van der Waals surface area contributed by atoms with Gasteiger partial charge < -0.3 is 19.6 Å². The Labute approximate surface area is 281 Å². The van der Waals surface area contributed by atoms with E-state index in [1.807, 2.05) is 6.07 Å². The molecule has 4 aliphatic carbocycles. The fourth-order valence-corrected chi connectivity index (χ4v) is 9.48. The third kappa shape index (κ3) is 7.90. The van der Waals surface area contributed by atoms with Crippen LogP contribution < -0.4 is 20.7 Å². The number of nitrogens with one attached hydrogen (secondary N) is 3. The van der Waals surface area contributed by atoms with Crippen LogP contribution in [-0.2, 0) is 24.4 Å². The van der Waals surface area contributed by atoms with Gasteiger partial charge in [0, 0.05) is 43.2 Å². The summed E-state index contributed by atoms with van der Waals surface area (Å²) >= 11 is 0. The summed E-state index contributed by atoms with van der Waals surface area (Å²) in [4.78, 5) is 20.1. The van der Waals surface area contributed by atoms with Gasteiger partial charge in [-0.3, -0.25) is 20.3 Å². The number of β-amino-alcohol motifs (C(OH)–C–C–N with tert-alkyl or cyclic N) is 1. The van der Waals surface area contributed by atoms with Crippen molar-refractivity contribution < 1.29 is 19.1 Å². The number of ether oxygens (including phenoxy) is 1. The maximum absolute atomic E-state index is 13.8. The van der Waals surface area contributed by atoms with Gasteiger partial charge in [-0.25, -0.2) is 4.98 Å². The summed E-state index contributed by atoms with van der Waals surface area (Å²) in [5.74, 6) is 2.61. The number of amides is 1. The zero-order chi connectivity index (χ0) is 32.3. The molecule has 2 bridgehead atoms. The average Bonchev–Trinajstić information content (AvgIpc) is 3.54. The topological polar surface area (TPSA) is 112 Å². The van der Waals surface area contributed by atoms with Gasteiger partial charge in [-0.1, -0.05) is 57.4 Å². The molecule has 2 aromatic rings. The van der Waals surface area contributed by atoms with Gasteiger partial charge in [0.1, 0.15) is 12.4 Å². The average molecular weight is 648 g/mol. The highest BCUT2D eigenvalue weighted by atomic mass is 16.5. The molecule has 2 aliphatic heterocycles. The van der Waals surface area contributed by atoms with Crippen LogP contribution in [0, 0.1) is 18.8 Å². The van der Waals surface area contributed by atoms with Crippen molar-refractivity contribution >= 4 is 5.91 Å². The second-order valence-electron chi connectivity index (χ2n) is 15.8. The molecule has 1 saturated heterocycles. The van der Waals surface area contributed by atoms with Gasteiger partial charge in [0.05, 0.1) is 18.5 Å². The van der Waals surface area contributed by atoms with E-state index in [2.05, 4.69) is 38.8 Å². The van der Waals surface area contributed by atoms with Gasteiger partial charge in [0.2, 0.25) is 5.91 Å². The number of aliphatic hydroxyl groups is 1. The molecule has 9 heteroatoms. The van der Waals surface area contributed by atoms with Crippen LogP contribution in [0.25, 0.3) is 0 Å². The first-order valence-electron chi connectivity index (χ1n) is 18.7. The lowest BCUT2D eigenvalue weighted by molar-refractivity contribution is -0.129. The molecule has 1 spiro atoms. The second-order valence-corrected chi connectivity index (χ2v) is 15.8. The van der Waals surface area contributed by atoms with Gasteiger partial charge >= 0.3 is 0 Å². The second kappa shape index (κ2) is 14.6. The predicted molar refractivity (Wildman–Crippen MR) is 182 cm³/mol. The van der Waals surface area contributed by atoms with Crippen LogP contribution in [0.2, 0.25) is 0 Å². The molecule has 258 valence electrons. The molecule has 1 amide bonds. The molecule has 3 atom stereocenters. The Balaban J connectivity index is 0.927. The van der Waals surface area contributed by atoms with E-state index in [4.69, 9.17) is 9.15 Å². The molecule has 9 nitrogen and oxygen atoms in total. The number of hydrogen-bond donors (Lipinski definition) is 4. The highest BCUT2D eigenvalue weighted by molar-refractivity contribution is 5.79. The fraction of sp³-hybridized carbons (Fsp3) is 0.737. The highest BCUT2D eigenvalue weighted by Crippen LogP contribution is 2.57. The third-order valence-corrected chi connectivity index (χ3v) is 12.1. The molecule has 1 aromatic heterocycles. The molecule has 6 aliphatic rings. The number of carbonyl (C=O) groups is 1. The van der Waals surface area contributed by atoms with Crippen molar-refractivity contribution in [3.63, 3.8) is 0 Å². The quantitative estimate of drug-likeness (QED) is 0.267. The minimum atomic E-state index is -0.603. The van der Waals surface area contributed by atoms with E-state index in [1.165, 1.54) is 93.7 Å². The summed E-state index contributed by atoms with van der Waals surface area (Å²) in [7, 11) is 0. The summed E-state index contributed by atoms with van der Waals surface area (Å²) in [5, 5.41) is 22.4. The Morgan fingerprint density at radius 1 is 1.11 bits per heavy atom. The van der Waals surface area contributed by atoms with Gasteiger partial charge in [-0.15, -0.1) is 0 Å². The molecule has 4 saturated carbocycles. The van der Waals surface area contributed by atoms with E-state index >= 15 is 0 Å². The minimum absolute atomic E-state index is 0.0243. The number of carbonyl (C=O) groups excluding carboxylic acids is 1. The van der Waals surface area contributed by atoms with Gasteiger partial charge in [-0.2, -0.15) is 0 Å². The lowest BCUT2D eigenvalue weighted by atomic mass is 9.49. The molecular weight excluding hydrogens is 590 g/mol. The van der Waals surface area contributed by atoms with Crippen molar-refractivity contribution in [2.24, 2.45) is 11.8 Å². The largest absolute Gasteiger partial charge is 0.485 e. The maximum atomic E-state index is 13.8. The minimum Gasteiger partial charge on any atom is -0.485 e. The molecule has 8 rings (SSSR count). The number of fused-ring (bicyclic) bond motifs is 1. The van der Waals surface area contributed by atoms with Crippen LogP contribution in [-0.4, -0.2) is 63.9 Å². The lowest BCUT2D eigenvalue weighted by Gasteiger charge is -2.64. The first-order valence-corrected chi connectivity index (χ1v) is 18.7. The molecule has 2 unspecified atom stereocenters. The Bertz CT molecular complexity index is 1320. The molecule has 3 heterocycles. The molecule has 5 fully saturated rings. The van der Waals surface area contributed by atoms with Crippen molar-refractivity contribution in [3.8, 4) is 5.75 Å². The maximum Gasteiger partial charge on any atom is 0.223 e. The normalized spacial score (nSPS) is 29.9. The zero-order valence-corrected chi connectivity index (χ0v) is 28.5. The van der Waals surface area contributed by atoms with Crippen LogP contribution in [0.4, 0.5) is 0 Å². The Morgan fingerprint density at radius 3 is 2.53 bits per heavy atom. The van der Waals surface area contributed by atoms with Crippen LogP contribution in [0.1, 0.15) is 119 Å². The summed E-state index contributed by atoms with van der Waals surface area (Å²) in [6.45, 7) is 4.99.